The quantitative estimate of drug-likeness (QED) is 0.483. The summed E-state index contributed by atoms with van der Waals surface area (Å²) in [6, 6.07) is 15.4. The molecule has 0 saturated heterocycles. The van der Waals surface area contributed by atoms with Crippen molar-refractivity contribution >= 4 is 17.0 Å². The van der Waals surface area contributed by atoms with Crippen molar-refractivity contribution in [3.63, 3.8) is 0 Å². The minimum atomic E-state index is -4.47. The van der Waals surface area contributed by atoms with Crippen LogP contribution in [-0.2, 0) is 19.3 Å². The van der Waals surface area contributed by atoms with Crippen LogP contribution in [0.15, 0.2) is 60.8 Å². The highest BCUT2D eigenvalue weighted by Crippen LogP contribution is 2.31. The van der Waals surface area contributed by atoms with Crippen LogP contribution in [0.4, 0.5) is 19.1 Å². The van der Waals surface area contributed by atoms with Crippen molar-refractivity contribution in [3.8, 4) is 11.5 Å². The molecule has 2 aromatic carbocycles. The Morgan fingerprint density at radius 3 is 2.48 bits per heavy atom. The van der Waals surface area contributed by atoms with Crippen LogP contribution in [0.3, 0.4) is 0 Å². The third-order valence-corrected chi connectivity index (χ3v) is 4.76. The van der Waals surface area contributed by atoms with Gasteiger partial charge in [-0.1, -0.05) is 24.3 Å². The number of nitrogens with two attached hydrogens (primary N) is 1. The van der Waals surface area contributed by atoms with Gasteiger partial charge in [-0.25, -0.2) is 4.98 Å². The van der Waals surface area contributed by atoms with E-state index in [9.17, 15) is 13.2 Å². The molecule has 0 aliphatic carbocycles. The number of ether oxygens (including phenoxy) is 2. The molecular formula is C22H19F3N4O2. The van der Waals surface area contributed by atoms with Gasteiger partial charge in [-0.05, 0) is 35.9 Å². The van der Waals surface area contributed by atoms with E-state index in [1.54, 1.807) is 6.07 Å². The Morgan fingerprint density at radius 1 is 1.00 bits per heavy atom. The summed E-state index contributed by atoms with van der Waals surface area (Å²) in [6.45, 7) is 0.547. The van der Waals surface area contributed by atoms with E-state index in [0.29, 0.717) is 29.6 Å². The predicted molar refractivity (Wildman–Crippen MR) is 110 cm³/mol. The molecule has 0 atom stereocenters. The predicted octanol–water partition coefficient (Wildman–Crippen LogP) is 4.67. The fourth-order valence-electron chi connectivity index (χ4n) is 3.21. The monoisotopic (exact) mass is 428 g/mol. The lowest BCUT2D eigenvalue weighted by Crippen LogP contribution is -2.08. The number of hydrogen-bond donors (Lipinski definition) is 1. The fraction of sp³-hybridized carbons (Fsp3) is 0.182. The second-order valence-electron chi connectivity index (χ2n) is 6.87. The molecule has 4 rings (SSSR count). The molecule has 0 bridgehead atoms. The zero-order chi connectivity index (χ0) is 22.0. The molecule has 9 heteroatoms. The highest BCUT2D eigenvalue weighted by atomic mass is 19.4. The van der Waals surface area contributed by atoms with Gasteiger partial charge >= 0.3 is 6.18 Å². The van der Waals surface area contributed by atoms with Crippen LogP contribution in [0, 0.1) is 0 Å². The van der Waals surface area contributed by atoms with Gasteiger partial charge in [0.1, 0.15) is 12.3 Å². The molecule has 0 spiro atoms. The van der Waals surface area contributed by atoms with Crippen LogP contribution in [0.2, 0.25) is 0 Å². The highest BCUT2D eigenvalue weighted by molar-refractivity contribution is 5.78. The van der Waals surface area contributed by atoms with Crippen molar-refractivity contribution < 1.29 is 22.6 Å². The van der Waals surface area contributed by atoms with Crippen LogP contribution in [0.25, 0.3) is 11.0 Å². The Hall–Kier alpha value is -3.75. The third-order valence-electron chi connectivity index (χ3n) is 4.76. The Morgan fingerprint density at radius 2 is 1.77 bits per heavy atom. The number of para-hydroxylation sites is 2. The lowest BCUT2D eigenvalue weighted by molar-refractivity contribution is -0.141. The number of aromatic nitrogens is 3. The first-order valence-electron chi connectivity index (χ1n) is 9.38. The number of nitrogens with zero attached hydrogens (tertiary/aromatic N) is 3. The molecule has 2 aromatic heterocycles. The average molecular weight is 428 g/mol. The second-order valence-corrected chi connectivity index (χ2v) is 6.87. The minimum Gasteiger partial charge on any atom is -0.493 e. The number of methoxy groups -OCH3 is 1. The smallest absolute Gasteiger partial charge is 0.433 e. The van der Waals surface area contributed by atoms with Crippen molar-refractivity contribution in [3.05, 3.63) is 77.6 Å². The number of rotatable bonds is 6. The lowest BCUT2D eigenvalue weighted by atomic mass is 10.2. The van der Waals surface area contributed by atoms with Crippen molar-refractivity contribution in [2.45, 2.75) is 19.3 Å². The summed E-state index contributed by atoms with van der Waals surface area (Å²) in [7, 11) is 1.52. The Labute approximate surface area is 176 Å². The first-order chi connectivity index (χ1) is 14.8. The van der Waals surface area contributed by atoms with Crippen LogP contribution in [0.5, 0.6) is 11.5 Å². The standard InChI is InChI=1S/C22H19F3N4O2/c1-30-19-10-14(12-29-17-5-3-2-4-16(17)28-21(29)26)6-8-18(19)31-13-15-7-9-20(27-11-15)22(23,24)25/h2-11H,12-13H2,1H3,(H2,26,28). The first kappa shape index (κ1) is 20.5. The van der Waals surface area contributed by atoms with Crippen molar-refractivity contribution in [2.75, 3.05) is 12.8 Å². The Bertz CT molecular complexity index is 1200. The largest absolute Gasteiger partial charge is 0.493 e. The number of alkyl halides is 3. The van der Waals surface area contributed by atoms with Crippen LogP contribution in [-0.4, -0.2) is 21.6 Å². The molecule has 160 valence electrons. The van der Waals surface area contributed by atoms with Gasteiger partial charge in [0.25, 0.3) is 0 Å². The molecule has 6 nitrogen and oxygen atoms in total. The van der Waals surface area contributed by atoms with Gasteiger partial charge in [0.15, 0.2) is 11.5 Å². The van der Waals surface area contributed by atoms with E-state index in [-0.39, 0.29) is 6.61 Å². The van der Waals surface area contributed by atoms with Crippen molar-refractivity contribution in [2.24, 2.45) is 0 Å². The fourth-order valence-corrected chi connectivity index (χ4v) is 3.21. The molecule has 2 heterocycles. The molecule has 0 saturated carbocycles. The summed E-state index contributed by atoms with van der Waals surface area (Å²) in [5.41, 5.74) is 8.31. The zero-order valence-electron chi connectivity index (χ0n) is 16.6. The number of anilines is 1. The Kier molecular flexibility index (Phi) is 5.41. The minimum absolute atomic E-state index is 0.0555. The molecule has 0 aliphatic rings. The van der Waals surface area contributed by atoms with E-state index >= 15 is 0 Å². The van der Waals surface area contributed by atoms with Crippen LogP contribution < -0.4 is 15.2 Å². The van der Waals surface area contributed by atoms with E-state index < -0.39 is 11.9 Å². The molecule has 0 radical (unpaired) electrons. The van der Waals surface area contributed by atoms with Gasteiger partial charge in [-0.3, -0.25) is 4.98 Å². The van der Waals surface area contributed by atoms with Crippen molar-refractivity contribution in [1.82, 2.24) is 14.5 Å². The molecule has 0 fully saturated rings. The summed E-state index contributed by atoms with van der Waals surface area (Å²) in [4.78, 5) is 7.80. The number of nitrogen functional groups attached to an aromatic ring is 1. The number of hydrogen-bond acceptors (Lipinski definition) is 5. The summed E-state index contributed by atoms with van der Waals surface area (Å²) >= 11 is 0. The third kappa shape index (κ3) is 4.40. The maximum absolute atomic E-state index is 12.6. The van der Waals surface area contributed by atoms with Gasteiger partial charge in [0.2, 0.25) is 5.95 Å². The zero-order valence-corrected chi connectivity index (χ0v) is 16.6. The number of pyridine rings is 1. The van der Waals surface area contributed by atoms with Gasteiger partial charge in [0.05, 0.1) is 24.7 Å². The molecule has 2 N–H and O–H groups in total. The van der Waals surface area contributed by atoms with E-state index in [4.69, 9.17) is 15.2 Å². The molecule has 4 aromatic rings. The van der Waals surface area contributed by atoms with Crippen LogP contribution in [0.1, 0.15) is 16.8 Å². The molecule has 0 aliphatic heterocycles. The summed E-state index contributed by atoms with van der Waals surface area (Å²) in [5.74, 6) is 1.38. The molecule has 0 unspecified atom stereocenters. The lowest BCUT2D eigenvalue weighted by Gasteiger charge is -2.13. The van der Waals surface area contributed by atoms with Gasteiger partial charge in [-0.2, -0.15) is 13.2 Å². The number of imidazole rings is 1. The number of halogens is 3. The number of benzene rings is 2. The molecule has 31 heavy (non-hydrogen) atoms. The first-order valence-corrected chi connectivity index (χ1v) is 9.38. The molecular weight excluding hydrogens is 409 g/mol. The van der Waals surface area contributed by atoms with E-state index in [0.717, 1.165) is 28.9 Å². The van der Waals surface area contributed by atoms with E-state index in [2.05, 4.69) is 9.97 Å². The topological polar surface area (TPSA) is 75.2 Å². The summed E-state index contributed by atoms with van der Waals surface area (Å²) in [5, 5.41) is 0. The maximum Gasteiger partial charge on any atom is 0.433 e. The summed E-state index contributed by atoms with van der Waals surface area (Å²) < 4.78 is 51.0. The van der Waals surface area contributed by atoms with E-state index in [1.807, 2.05) is 41.0 Å². The maximum atomic E-state index is 12.6. The van der Waals surface area contributed by atoms with Crippen LogP contribution >= 0.6 is 0 Å². The normalized spacial score (nSPS) is 11.6. The Balaban J connectivity index is 1.50. The molecule has 0 amide bonds. The van der Waals surface area contributed by atoms with Gasteiger partial charge in [-0.15, -0.1) is 0 Å². The highest BCUT2D eigenvalue weighted by Gasteiger charge is 2.32. The second kappa shape index (κ2) is 8.17. The summed E-state index contributed by atoms with van der Waals surface area (Å²) in [6.07, 6.45) is -3.32. The van der Waals surface area contributed by atoms with Gasteiger partial charge in [0, 0.05) is 11.8 Å². The van der Waals surface area contributed by atoms with E-state index in [1.165, 1.54) is 13.2 Å². The van der Waals surface area contributed by atoms with Gasteiger partial charge < -0.3 is 19.8 Å². The average Bonchev–Trinajstić information content (AvgIpc) is 3.07. The SMILES string of the molecule is COc1cc(Cn2c(N)nc3ccccc32)ccc1OCc1ccc(C(F)(F)F)nc1. The number of fused-ring (bicyclic) bond motifs is 1. The van der Waals surface area contributed by atoms with Crippen molar-refractivity contribution in [1.29, 1.82) is 0 Å².